The van der Waals surface area contributed by atoms with Crippen LogP contribution < -0.4 is 10.6 Å². The number of benzene rings is 2. The minimum atomic E-state index is -4.53. The van der Waals surface area contributed by atoms with E-state index in [4.69, 9.17) is 4.74 Å². The van der Waals surface area contributed by atoms with Crippen molar-refractivity contribution in [2.75, 3.05) is 5.32 Å². The Bertz CT molecular complexity index is 831. The summed E-state index contributed by atoms with van der Waals surface area (Å²) in [6.07, 6.45) is -5.35. The molecule has 0 bridgehead atoms. The smallest absolute Gasteiger partial charge is 0.416 e. The molecular weight excluding hydrogens is 373 g/mol. The number of hydrogen-bond donors (Lipinski definition) is 2. The summed E-state index contributed by atoms with van der Waals surface area (Å²) in [4.78, 5) is 24.8. The van der Waals surface area contributed by atoms with Crippen LogP contribution in [0.25, 0.3) is 0 Å². The van der Waals surface area contributed by atoms with Gasteiger partial charge in [0, 0.05) is 5.69 Å². The lowest BCUT2D eigenvalue weighted by Crippen LogP contribution is -2.40. The first kappa shape index (κ1) is 21.3. The van der Waals surface area contributed by atoms with E-state index in [1.54, 1.807) is 51.1 Å². The van der Waals surface area contributed by atoms with Gasteiger partial charge in [0.15, 0.2) is 0 Å². The lowest BCUT2D eigenvalue weighted by Gasteiger charge is -2.23. The maximum absolute atomic E-state index is 12.9. The Balaban J connectivity index is 2.23. The summed E-state index contributed by atoms with van der Waals surface area (Å²) in [7, 11) is 0. The zero-order chi connectivity index (χ0) is 20.9. The van der Waals surface area contributed by atoms with E-state index in [-0.39, 0.29) is 5.69 Å². The first-order valence-corrected chi connectivity index (χ1v) is 8.48. The van der Waals surface area contributed by atoms with Crippen LogP contribution >= 0.6 is 0 Å². The van der Waals surface area contributed by atoms with Crippen LogP contribution in [0.2, 0.25) is 0 Å². The number of alkyl carbamates (subject to hydrolysis) is 1. The van der Waals surface area contributed by atoms with Gasteiger partial charge in [-0.2, -0.15) is 13.2 Å². The van der Waals surface area contributed by atoms with Gasteiger partial charge in [-0.25, -0.2) is 4.79 Å². The topological polar surface area (TPSA) is 67.4 Å². The van der Waals surface area contributed by atoms with E-state index < -0.39 is 35.4 Å². The Morgan fingerprint density at radius 3 is 2.18 bits per heavy atom. The summed E-state index contributed by atoms with van der Waals surface area (Å²) >= 11 is 0. The van der Waals surface area contributed by atoms with Crippen LogP contribution in [0.5, 0.6) is 0 Å². The van der Waals surface area contributed by atoms with Crippen molar-refractivity contribution in [1.29, 1.82) is 0 Å². The summed E-state index contributed by atoms with van der Waals surface area (Å²) in [6.45, 7) is 5.02. The molecule has 0 aliphatic rings. The molecule has 5 nitrogen and oxygen atoms in total. The van der Waals surface area contributed by atoms with Gasteiger partial charge < -0.3 is 15.4 Å². The fraction of sp³-hybridized carbons (Fsp3) is 0.300. The van der Waals surface area contributed by atoms with Crippen molar-refractivity contribution in [2.45, 2.75) is 38.6 Å². The summed E-state index contributed by atoms with van der Waals surface area (Å²) in [6, 6.07) is 11.4. The standard InChI is InChI=1S/C20H21F3N2O3/c1-19(2,3)28-18(27)25-16(13-8-5-4-6-9-13)17(26)24-15-11-7-10-14(12-15)20(21,22)23/h4-12,16H,1-3H3,(H,24,26)(H,25,27)/t16-/m0/s1. The SMILES string of the molecule is CC(C)(C)OC(=O)N[C@H](C(=O)Nc1cccc(C(F)(F)F)c1)c1ccccc1. The molecule has 0 unspecified atom stereocenters. The van der Waals surface area contributed by atoms with Gasteiger partial charge >= 0.3 is 12.3 Å². The van der Waals surface area contributed by atoms with E-state index in [9.17, 15) is 22.8 Å². The Morgan fingerprint density at radius 2 is 1.61 bits per heavy atom. The van der Waals surface area contributed by atoms with E-state index in [1.165, 1.54) is 12.1 Å². The second kappa shape index (κ2) is 8.33. The summed E-state index contributed by atoms with van der Waals surface area (Å²) < 4.78 is 43.8. The molecule has 2 N–H and O–H groups in total. The van der Waals surface area contributed by atoms with Crippen molar-refractivity contribution >= 4 is 17.7 Å². The number of alkyl halides is 3. The van der Waals surface area contributed by atoms with Gasteiger partial charge in [0.2, 0.25) is 0 Å². The highest BCUT2D eigenvalue weighted by Crippen LogP contribution is 2.31. The number of ether oxygens (including phenoxy) is 1. The first-order valence-electron chi connectivity index (χ1n) is 8.48. The van der Waals surface area contributed by atoms with Gasteiger partial charge in [0.05, 0.1) is 5.56 Å². The first-order chi connectivity index (χ1) is 13.0. The number of halogens is 3. The minimum Gasteiger partial charge on any atom is -0.444 e. The quantitative estimate of drug-likeness (QED) is 0.774. The van der Waals surface area contributed by atoms with Crippen LogP contribution in [0.4, 0.5) is 23.7 Å². The van der Waals surface area contributed by atoms with Crippen LogP contribution in [0.15, 0.2) is 54.6 Å². The number of carbonyl (C=O) groups excluding carboxylic acids is 2. The van der Waals surface area contributed by atoms with Gasteiger partial charge in [-0.1, -0.05) is 36.4 Å². The molecule has 2 rings (SSSR count). The molecule has 0 heterocycles. The van der Waals surface area contributed by atoms with E-state index in [1.807, 2.05) is 0 Å². The van der Waals surface area contributed by atoms with Crippen molar-refractivity contribution in [1.82, 2.24) is 5.32 Å². The van der Waals surface area contributed by atoms with E-state index in [0.29, 0.717) is 5.56 Å². The monoisotopic (exact) mass is 394 g/mol. The third kappa shape index (κ3) is 6.29. The van der Waals surface area contributed by atoms with Gasteiger partial charge in [0.1, 0.15) is 11.6 Å². The fourth-order valence-corrected chi connectivity index (χ4v) is 2.36. The molecule has 28 heavy (non-hydrogen) atoms. The molecule has 0 spiro atoms. The molecule has 150 valence electrons. The van der Waals surface area contributed by atoms with Crippen molar-refractivity contribution < 1.29 is 27.5 Å². The van der Waals surface area contributed by atoms with E-state index in [0.717, 1.165) is 12.1 Å². The lowest BCUT2D eigenvalue weighted by molar-refractivity contribution is -0.137. The largest absolute Gasteiger partial charge is 0.444 e. The molecule has 8 heteroatoms. The Morgan fingerprint density at radius 1 is 0.964 bits per heavy atom. The fourth-order valence-electron chi connectivity index (χ4n) is 2.36. The van der Waals surface area contributed by atoms with Crippen LogP contribution in [-0.2, 0) is 15.7 Å². The maximum Gasteiger partial charge on any atom is 0.416 e. The molecule has 1 atom stereocenters. The summed E-state index contributed by atoms with van der Waals surface area (Å²) in [5.41, 5.74) is -1.24. The maximum atomic E-state index is 12.9. The minimum absolute atomic E-state index is 0.0354. The van der Waals surface area contributed by atoms with Crippen LogP contribution in [0.3, 0.4) is 0 Å². The third-order valence-corrected chi connectivity index (χ3v) is 3.51. The third-order valence-electron chi connectivity index (χ3n) is 3.51. The number of carbonyl (C=O) groups is 2. The van der Waals surface area contributed by atoms with E-state index in [2.05, 4.69) is 10.6 Å². The summed E-state index contributed by atoms with van der Waals surface area (Å²) in [5, 5.41) is 4.87. The summed E-state index contributed by atoms with van der Waals surface area (Å²) in [5.74, 6) is -0.698. The lowest BCUT2D eigenvalue weighted by atomic mass is 10.1. The van der Waals surface area contributed by atoms with Gasteiger partial charge in [-0.15, -0.1) is 0 Å². The van der Waals surface area contributed by atoms with Crippen molar-refractivity contribution in [2.24, 2.45) is 0 Å². The molecule has 0 radical (unpaired) electrons. The molecule has 0 saturated carbocycles. The van der Waals surface area contributed by atoms with Gasteiger partial charge in [-0.05, 0) is 44.5 Å². The number of anilines is 1. The van der Waals surface area contributed by atoms with Crippen LogP contribution in [-0.4, -0.2) is 17.6 Å². The second-order valence-corrected chi connectivity index (χ2v) is 7.06. The molecule has 0 aliphatic carbocycles. The van der Waals surface area contributed by atoms with E-state index >= 15 is 0 Å². The predicted molar refractivity (Wildman–Crippen MR) is 98.6 cm³/mol. The van der Waals surface area contributed by atoms with Gasteiger partial charge in [0.25, 0.3) is 5.91 Å². The van der Waals surface area contributed by atoms with Crippen LogP contribution in [0.1, 0.15) is 37.9 Å². The van der Waals surface area contributed by atoms with Crippen molar-refractivity contribution in [3.63, 3.8) is 0 Å². The normalized spacial score (nSPS) is 12.8. The van der Waals surface area contributed by atoms with Gasteiger partial charge in [-0.3, -0.25) is 4.79 Å². The molecule has 0 fully saturated rings. The predicted octanol–water partition coefficient (Wildman–Crippen LogP) is 4.91. The van der Waals surface area contributed by atoms with Crippen molar-refractivity contribution in [3.8, 4) is 0 Å². The second-order valence-electron chi connectivity index (χ2n) is 7.06. The number of amides is 2. The highest BCUT2D eigenvalue weighted by molar-refractivity contribution is 5.97. The average molecular weight is 394 g/mol. The number of hydrogen-bond acceptors (Lipinski definition) is 3. The Hall–Kier alpha value is -3.03. The van der Waals surface area contributed by atoms with Crippen molar-refractivity contribution in [3.05, 3.63) is 65.7 Å². The zero-order valence-electron chi connectivity index (χ0n) is 15.6. The number of rotatable bonds is 4. The molecule has 0 aromatic heterocycles. The molecule has 2 amide bonds. The Kier molecular flexibility index (Phi) is 6.33. The average Bonchev–Trinajstić information content (AvgIpc) is 2.58. The molecule has 0 aliphatic heterocycles. The molecule has 0 saturated heterocycles. The highest BCUT2D eigenvalue weighted by atomic mass is 19.4. The highest BCUT2D eigenvalue weighted by Gasteiger charge is 2.31. The Labute approximate surface area is 160 Å². The molecule has 2 aromatic carbocycles. The molecular formula is C20H21F3N2O3. The van der Waals surface area contributed by atoms with Crippen LogP contribution in [0, 0.1) is 0 Å². The number of nitrogens with one attached hydrogen (secondary N) is 2. The zero-order valence-corrected chi connectivity index (χ0v) is 15.6. The molecule has 2 aromatic rings.